The molecule has 0 fully saturated rings. The molecule has 3 aromatic carbocycles. The summed E-state index contributed by atoms with van der Waals surface area (Å²) >= 11 is 0. The van der Waals surface area contributed by atoms with Crippen LogP contribution in [-0.4, -0.2) is 25.4 Å². The average Bonchev–Trinajstić information content (AvgIpc) is 2.87. The number of allylic oxidation sites excluding steroid dienone is 1. The maximum Gasteiger partial charge on any atom is 0.338 e. The van der Waals surface area contributed by atoms with Crippen LogP contribution in [0.1, 0.15) is 33.5 Å². The summed E-state index contributed by atoms with van der Waals surface area (Å²) in [6, 6.07) is 22.9. The third-order valence-corrected chi connectivity index (χ3v) is 5.21. The van der Waals surface area contributed by atoms with Crippen LogP contribution in [0.3, 0.4) is 0 Å². The molecule has 6 nitrogen and oxygen atoms in total. The van der Waals surface area contributed by atoms with Crippen molar-refractivity contribution in [3.8, 4) is 11.5 Å². The molecule has 3 aromatic rings. The second-order valence-electron chi connectivity index (χ2n) is 7.54. The fourth-order valence-electron chi connectivity index (χ4n) is 3.48. The molecular weight excluding hydrogens is 418 g/mol. The highest BCUT2D eigenvalue weighted by Gasteiger charge is 2.15. The molecule has 0 atom stereocenters. The van der Waals surface area contributed by atoms with Crippen molar-refractivity contribution in [3.63, 3.8) is 0 Å². The van der Waals surface area contributed by atoms with Crippen molar-refractivity contribution in [1.29, 1.82) is 0 Å². The fourth-order valence-corrected chi connectivity index (χ4v) is 3.48. The Morgan fingerprint density at radius 3 is 2.36 bits per heavy atom. The minimum Gasteiger partial charge on any atom is -0.489 e. The van der Waals surface area contributed by atoms with Crippen LogP contribution in [0.25, 0.3) is 5.76 Å². The van der Waals surface area contributed by atoms with E-state index in [9.17, 15) is 4.79 Å². The van der Waals surface area contributed by atoms with E-state index in [4.69, 9.17) is 19.0 Å². The molecule has 0 unspecified atom stereocenters. The molecule has 0 aliphatic carbocycles. The molecule has 6 heteroatoms. The Balaban J connectivity index is 1.34. The van der Waals surface area contributed by atoms with E-state index in [2.05, 4.69) is 5.16 Å². The van der Waals surface area contributed by atoms with Crippen LogP contribution in [0.2, 0.25) is 0 Å². The molecule has 1 aliphatic rings. The van der Waals surface area contributed by atoms with E-state index in [-0.39, 0.29) is 12.6 Å². The van der Waals surface area contributed by atoms with Gasteiger partial charge >= 0.3 is 5.97 Å². The number of benzene rings is 3. The maximum absolute atomic E-state index is 12.1. The number of rotatable bonds is 8. The summed E-state index contributed by atoms with van der Waals surface area (Å²) < 4.78 is 16.7. The van der Waals surface area contributed by atoms with Gasteiger partial charge in [-0.05, 0) is 30.7 Å². The van der Waals surface area contributed by atoms with Gasteiger partial charge in [0.05, 0.1) is 18.4 Å². The molecule has 4 rings (SSSR count). The number of hydrogen-bond acceptors (Lipinski definition) is 6. The predicted molar refractivity (Wildman–Crippen MR) is 126 cm³/mol. The van der Waals surface area contributed by atoms with Gasteiger partial charge in [0, 0.05) is 23.6 Å². The van der Waals surface area contributed by atoms with Crippen LogP contribution < -0.4 is 9.47 Å². The van der Waals surface area contributed by atoms with E-state index in [0.29, 0.717) is 30.1 Å². The molecule has 0 N–H and O–H groups in total. The van der Waals surface area contributed by atoms with E-state index in [1.54, 1.807) is 0 Å². The van der Waals surface area contributed by atoms with Gasteiger partial charge in [-0.15, -0.1) is 0 Å². The van der Waals surface area contributed by atoms with Crippen molar-refractivity contribution in [2.24, 2.45) is 5.16 Å². The van der Waals surface area contributed by atoms with E-state index in [1.165, 1.54) is 7.11 Å². The highest BCUT2D eigenvalue weighted by atomic mass is 16.6. The first-order valence-electron chi connectivity index (χ1n) is 10.6. The van der Waals surface area contributed by atoms with Crippen LogP contribution in [0.5, 0.6) is 11.5 Å². The summed E-state index contributed by atoms with van der Waals surface area (Å²) in [6.45, 7) is 2.43. The van der Waals surface area contributed by atoms with Crippen LogP contribution >= 0.6 is 0 Å². The Kier molecular flexibility index (Phi) is 7.05. The largest absolute Gasteiger partial charge is 0.489 e. The Morgan fingerprint density at radius 2 is 1.67 bits per heavy atom. The number of esters is 1. The topological polar surface area (TPSA) is 66.4 Å². The highest BCUT2D eigenvalue weighted by molar-refractivity contribution is 5.92. The summed E-state index contributed by atoms with van der Waals surface area (Å²) in [6.07, 6.45) is 2.66. The van der Waals surface area contributed by atoms with E-state index >= 15 is 0 Å². The average molecular weight is 443 g/mol. The number of carbonyl (C=O) groups is 1. The summed E-state index contributed by atoms with van der Waals surface area (Å²) in [5.41, 5.74) is 3.94. The van der Waals surface area contributed by atoms with Crippen molar-refractivity contribution in [1.82, 2.24) is 0 Å². The number of hydrogen-bond donors (Lipinski definition) is 0. The van der Waals surface area contributed by atoms with E-state index < -0.39 is 0 Å². The number of carbonyl (C=O) groups excluding carboxylic acids is 1. The summed E-state index contributed by atoms with van der Waals surface area (Å²) in [5, 5.41) is 4.19. The van der Waals surface area contributed by atoms with Gasteiger partial charge in [0.15, 0.2) is 5.76 Å². The predicted octanol–water partition coefficient (Wildman–Crippen LogP) is 5.56. The van der Waals surface area contributed by atoms with E-state index in [1.807, 2.05) is 85.8 Å². The standard InChI is InChI=1S/C27H25NO5/c1-19-8-6-11-21(26(19)27(29)30-2)17-31-23-12-7-13-24(16-23)32-18-22-14-15-25(33-28-22)20-9-4-3-5-10-20/h3-13,15-16H,14,17-18H2,1-2H3. The summed E-state index contributed by atoms with van der Waals surface area (Å²) in [5.74, 6) is 1.67. The maximum atomic E-state index is 12.1. The fraction of sp³-hybridized carbons (Fsp3) is 0.185. The lowest BCUT2D eigenvalue weighted by atomic mass is 10.0. The first kappa shape index (κ1) is 22.1. The third kappa shape index (κ3) is 5.60. The third-order valence-electron chi connectivity index (χ3n) is 5.21. The van der Waals surface area contributed by atoms with Crippen LogP contribution in [-0.2, 0) is 16.2 Å². The lowest BCUT2D eigenvalue weighted by Crippen LogP contribution is -2.14. The second kappa shape index (κ2) is 10.5. The zero-order valence-corrected chi connectivity index (χ0v) is 18.6. The van der Waals surface area contributed by atoms with Gasteiger partial charge in [-0.3, -0.25) is 0 Å². The molecular formula is C27H25NO5. The molecule has 0 spiro atoms. The zero-order valence-electron chi connectivity index (χ0n) is 18.6. The minimum absolute atomic E-state index is 0.239. The minimum atomic E-state index is -0.372. The first-order valence-corrected chi connectivity index (χ1v) is 10.6. The smallest absolute Gasteiger partial charge is 0.338 e. The molecule has 0 saturated heterocycles. The van der Waals surface area contributed by atoms with Crippen molar-refractivity contribution in [2.45, 2.75) is 20.0 Å². The molecule has 33 heavy (non-hydrogen) atoms. The molecule has 0 saturated carbocycles. The number of nitrogens with zero attached hydrogens (tertiary/aromatic N) is 1. The molecule has 0 bridgehead atoms. The highest BCUT2D eigenvalue weighted by Crippen LogP contribution is 2.24. The Labute approximate surface area is 193 Å². The molecule has 1 aliphatic heterocycles. The summed E-state index contributed by atoms with van der Waals surface area (Å²) in [7, 11) is 1.38. The summed E-state index contributed by atoms with van der Waals surface area (Å²) in [4.78, 5) is 17.7. The number of aryl methyl sites for hydroxylation is 1. The van der Waals surface area contributed by atoms with Crippen LogP contribution in [0.15, 0.2) is 84.0 Å². The number of methoxy groups -OCH3 is 1. The SMILES string of the molecule is COC(=O)c1c(C)cccc1COc1cccc(OCC2=NOC(c3ccccc3)=CC2)c1. The molecule has 168 valence electrons. The quantitative estimate of drug-likeness (QED) is 0.427. The Hall–Kier alpha value is -4.06. The van der Waals surface area contributed by atoms with Gasteiger partial charge < -0.3 is 19.0 Å². The lowest BCUT2D eigenvalue weighted by molar-refractivity contribution is 0.0597. The van der Waals surface area contributed by atoms with Gasteiger partial charge in [0.25, 0.3) is 0 Å². The van der Waals surface area contributed by atoms with Gasteiger partial charge in [0.2, 0.25) is 0 Å². The zero-order chi connectivity index (χ0) is 23.0. The van der Waals surface area contributed by atoms with Gasteiger partial charge in [0.1, 0.15) is 24.7 Å². The van der Waals surface area contributed by atoms with Crippen molar-refractivity contribution in [3.05, 3.63) is 101 Å². The van der Waals surface area contributed by atoms with Gasteiger partial charge in [-0.2, -0.15) is 0 Å². The van der Waals surface area contributed by atoms with E-state index in [0.717, 1.165) is 28.2 Å². The number of ether oxygens (including phenoxy) is 3. The van der Waals surface area contributed by atoms with Crippen LogP contribution in [0, 0.1) is 6.92 Å². The molecule has 0 aromatic heterocycles. The lowest BCUT2D eigenvalue weighted by Gasteiger charge is -2.15. The monoisotopic (exact) mass is 443 g/mol. The van der Waals surface area contributed by atoms with Crippen molar-refractivity contribution in [2.75, 3.05) is 13.7 Å². The first-order chi connectivity index (χ1) is 16.1. The Morgan fingerprint density at radius 1 is 0.939 bits per heavy atom. The van der Waals surface area contributed by atoms with Gasteiger partial charge in [-0.1, -0.05) is 59.8 Å². The Bertz CT molecular complexity index is 1180. The molecule has 0 amide bonds. The van der Waals surface area contributed by atoms with Crippen molar-refractivity contribution >= 4 is 17.4 Å². The van der Waals surface area contributed by atoms with Crippen molar-refractivity contribution < 1.29 is 23.8 Å². The molecule has 1 heterocycles. The molecule has 0 radical (unpaired) electrons. The van der Waals surface area contributed by atoms with Gasteiger partial charge in [-0.25, -0.2) is 4.79 Å². The second-order valence-corrected chi connectivity index (χ2v) is 7.54. The number of oxime groups is 1. The normalized spacial score (nSPS) is 12.8. The van der Waals surface area contributed by atoms with Crippen LogP contribution in [0.4, 0.5) is 0 Å².